The van der Waals surface area contributed by atoms with Crippen LogP contribution in [-0.2, 0) is 0 Å². The van der Waals surface area contributed by atoms with Crippen LogP contribution < -0.4 is 0 Å². The van der Waals surface area contributed by atoms with Gasteiger partial charge in [-0.15, -0.1) is 0 Å². The van der Waals surface area contributed by atoms with Gasteiger partial charge in [0.2, 0.25) is 0 Å². The Balaban J connectivity index is 1.36. The lowest BCUT2D eigenvalue weighted by atomic mass is 10.1. The molecule has 3 aromatic carbocycles. The van der Waals surface area contributed by atoms with Gasteiger partial charge in [-0.3, -0.25) is 9.97 Å². The van der Waals surface area contributed by atoms with Gasteiger partial charge in [-0.2, -0.15) is 0 Å². The lowest BCUT2D eigenvalue weighted by Crippen LogP contribution is -2.02. The maximum absolute atomic E-state index is 4.99. The first-order chi connectivity index (χ1) is 19.8. The van der Waals surface area contributed by atoms with Gasteiger partial charge in [0.25, 0.3) is 0 Å². The molecule has 0 fully saturated rings. The lowest BCUT2D eigenvalue weighted by Gasteiger charge is -2.10. The number of benzene rings is 3. The zero-order valence-corrected chi connectivity index (χ0v) is 21.1. The summed E-state index contributed by atoms with van der Waals surface area (Å²) in [6.45, 7) is 0. The molecule has 0 aliphatic heterocycles. The van der Waals surface area contributed by atoms with E-state index in [1.165, 1.54) is 0 Å². The van der Waals surface area contributed by atoms with Crippen LogP contribution in [0.4, 0.5) is 0 Å². The summed E-state index contributed by atoms with van der Waals surface area (Å²) >= 11 is 0. The van der Waals surface area contributed by atoms with Gasteiger partial charge in [-0.25, -0.2) is 24.9 Å². The number of hydrogen-bond acceptors (Lipinski definition) is 7. The van der Waals surface area contributed by atoms with Crippen LogP contribution in [0.15, 0.2) is 116 Å². The highest BCUT2D eigenvalue weighted by molar-refractivity contribution is 6.04. The fraction of sp³-hybridized carbons (Fsp3) is 0. The average molecular weight is 514 g/mol. The second-order valence-corrected chi connectivity index (χ2v) is 9.49. The van der Waals surface area contributed by atoms with Crippen LogP contribution in [0.25, 0.3) is 78.0 Å². The summed E-state index contributed by atoms with van der Waals surface area (Å²) in [6.07, 6.45) is 3.57. The molecule has 7 heteroatoms. The molecule has 5 heterocycles. The molecule has 8 aromatic rings. The summed E-state index contributed by atoms with van der Waals surface area (Å²) in [6, 6.07) is 34.0. The molecule has 186 valence electrons. The van der Waals surface area contributed by atoms with Crippen molar-refractivity contribution < 1.29 is 0 Å². The van der Waals surface area contributed by atoms with E-state index in [2.05, 4.69) is 34.2 Å². The number of rotatable bonds is 3. The second-order valence-electron chi connectivity index (χ2n) is 9.49. The van der Waals surface area contributed by atoms with Gasteiger partial charge in [0.15, 0.2) is 17.5 Å². The number of nitrogens with zero attached hydrogens (tertiary/aromatic N) is 7. The van der Waals surface area contributed by atoms with Gasteiger partial charge in [-0.1, -0.05) is 78.9 Å². The second kappa shape index (κ2) is 8.96. The number of pyridine rings is 4. The molecule has 0 spiro atoms. The molecule has 0 unspecified atom stereocenters. The van der Waals surface area contributed by atoms with Crippen LogP contribution in [0.1, 0.15) is 0 Å². The third-order valence-electron chi connectivity index (χ3n) is 6.99. The summed E-state index contributed by atoms with van der Waals surface area (Å²) < 4.78 is 0. The van der Waals surface area contributed by atoms with E-state index in [9.17, 15) is 0 Å². The van der Waals surface area contributed by atoms with E-state index >= 15 is 0 Å². The fourth-order valence-corrected chi connectivity index (χ4v) is 5.02. The standard InChI is InChI=1S/C33H19N7/c1-2-6-24(7-3-1)31-38-32(25-16-14-22-12-10-20-8-4-18-34-27(20)29(22)36-25)40-33(39-31)26-17-15-23-13-11-21-9-5-19-35-28(21)30(23)37-26/h1-19H. The van der Waals surface area contributed by atoms with Crippen molar-refractivity contribution in [2.75, 3.05) is 0 Å². The Hall–Kier alpha value is -5.69. The van der Waals surface area contributed by atoms with Gasteiger partial charge in [-0.05, 0) is 24.3 Å². The zero-order valence-electron chi connectivity index (χ0n) is 21.1. The molecule has 0 bridgehead atoms. The molecule has 0 saturated heterocycles. The first kappa shape index (κ1) is 22.3. The van der Waals surface area contributed by atoms with E-state index in [0.29, 0.717) is 28.9 Å². The summed E-state index contributed by atoms with van der Waals surface area (Å²) in [5.74, 6) is 1.49. The Morgan fingerprint density at radius 2 is 0.775 bits per heavy atom. The van der Waals surface area contributed by atoms with Crippen molar-refractivity contribution in [2.45, 2.75) is 0 Å². The molecule has 0 saturated carbocycles. The van der Waals surface area contributed by atoms with Gasteiger partial charge in [0.1, 0.15) is 11.4 Å². The predicted molar refractivity (Wildman–Crippen MR) is 157 cm³/mol. The van der Waals surface area contributed by atoms with Crippen molar-refractivity contribution in [3.8, 4) is 34.4 Å². The summed E-state index contributed by atoms with van der Waals surface area (Å²) in [4.78, 5) is 33.8. The van der Waals surface area contributed by atoms with E-state index in [1.54, 1.807) is 12.4 Å². The molecule has 5 aromatic heterocycles. The van der Waals surface area contributed by atoms with Crippen LogP contribution in [0.3, 0.4) is 0 Å². The van der Waals surface area contributed by atoms with Crippen LogP contribution in [0.2, 0.25) is 0 Å². The first-order valence-electron chi connectivity index (χ1n) is 12.9. The third kappa shape index (κ3) is 3.72. The molecular weight excluding hydrogens is 494 g/mol. The summed E-state index contributed by atoms with van der Waals surface area (Å²) in [7, 11) is 0. The highest BCUT2D eigenvalue weighted by Crippen LogP contribution is 2.29. The van der Waals surface area contributed by atoms with Gasteiger partial charge >= 0.3 is 0 Å². The van der Waals surface area contributed by atoms with Crippen LogP contribution in [0, 0.1) is 0 Å². The predicted octanol–water partition coefficient (Wildman–Crippen LogP) is 7.07. The topological polar surface area (TPSA) is 90.2 Å². The number of aromatic nitrogens is 7. The monoisotopic (exact) mass is 513 g/mol. The van der Waals surface area contributed by atoms with Crippen molar-refractivity contribution in [3.05, 3.63) is 116 Å². The third-order valence-corrected chi connectivity index (χ3v) is 6.99. The highest BCUT2D eigenvalue weighted by Gasteiger charge is 2.16. The van der Waals surface area contributed by atoms with Gasteiger partial charge in [0, 0.05) is 39.5 Å². The minimum Gasteiger partial charge on any atom is -0.254 e. The van der Waals surface area contributed by atoms with Crippen molar-refractivity contribution >= 4 is 43.6 Å². The maximum Gasteiger partial charge on any atom is 0.182 e. The first-order valence-corrected chi connectivity index (χ1v) is 12.9. The Kier molecular flexibility index (Phi) is 4.99. The minimum absolute atomic E-state index is 0.469. The SMILES string of the molecule is c1ccc(-c2nc(-c3ccc4ccc5cccnc5c4n3)nc(-c3ccc4ccc5cccnc5c4n3)n2)cc1. The number of fused-ring (bicyclic) bond motifs is 6. The van der Waals surface area contributed by atoms with Crippen LogP contribution >= 0.6 is 0 Å². The van der Waals surface area contributed by atoms with Crippen LogP contribution in [-0.4, -0.2) is 34.9 Å². The molecule has 0 atom stereocenters. The highest BCUT2D eigenvalue weighted by atomic mass is 15.1. The van der Waals surface area contributed by atoms with Crippen molar-refractivity contribution in [1.29, 1.82) is 0 Å². The quantitative estimate of drug-likeness (QED) is 0.233. The van der Waals surface area contributed by atoms with Crippen LogP contribution in [0.5, 0.6) is 0 Å². The molecule has 8 rings (SSSR count). The van der Waals surface area contributed by atoms with Crippen molar-refractivity contribution in [3.63, 3.8) is 0 Å². The minimum atomic E-state index is 0.469. The number of hydrogen-bond donors (Lipinski definition) is 0. The van der Waals surface area contributed by atoms with E-state index < -0.39 is 0 Å². The summed E-state index contributed by atoms with van der Waals surface area (Å²) in [5, 5.41) is 4.07. The Labute approximate surface area is 228 Å². The fourth-order valence-electron chi connectivity index (χ4n) is 5.02. The molecule has 7 nitrogen and oxygen atoms in total. The lowest BCUT2D eigenvalue weighted by molar-refractivity contribution is 1.05. The molecule has 0 radical (unpaired) electrons. The molecule has 0 N–H and O–H groups in total. The van der Waals surface area contributed by atoms with E-state index in [1.807, 2.05) is 78.9 Å². The molecular formula is C33H19N7. The molecule has 40 heavy (non-hydrogen) atoms. The Morgan fingerprint density at radius 3 is 1.30 bits per heavy atom. The van der Waals surface area contributed by atoms with E-state index in [4.69, 9.17) is 24.9 Å². The molecule has 0 amide bonds. The zero-order chi connectivity index (χ0) is 26.5. The maximum atomic E-state index is 4.99. The largest absolute Gasteiger partial charge is 0.254 e. The smallest absolute Gasteiger partial charge is 0.182 e. The van der Waals surface area contributed by atoms with Crippen molar-refractivity contribution in [2.24, 2.45) is 0 Å². The Morgan fingerprint density at radius 1 is 0.325 bits per heavy atom. The molecule has 0 aliphatic rings. The Bertz CT molecular complexity index is 2090. The van der Waals surface area contributed by atoms with Gasteiger partial charge in [0.05, 0.1) is 22.1 Å². The van der Waals surface area contributed by atoms with Gasteiger partial charge < -0.3 is 0 Å². The van der Waals surface area contributed by atoms with Crippen molar-refractivity contribution in [1.82, 2.24) is 34.9 Å². The van der Waals surface area contributed by atoms with E-state index in [-0.39, 0.29) is 0 Å². The van der Waals surface area contributed by atoms with E-state index in [0.717, 1.165) is 49.2 Å². The molecule has 0 aliphatic carbocycles. The average Bonchev–Trinajstić information content (AvgIpc) is 3.04. The normalized spacial score (nSPS) is 11.5. The summed E-state index contributed by atoms with van der Waals surface area (Å²) in [5.41, 5.74) is 5.46.